The number of hydrogen-bond donors (Lipinski definition) is 0. The topological polar surface area (TPSA) is 103 Å². The molecule has 0 amide bonds. The Morgan fingerprint density at radius 2 is 1.82 bits per heavy atom. The molecule has 0 saturated carbocycles. The molecule has 0 unspecified atom stereocenters. The van der Waals surface area contributed by atoms with Crippen LogP contribution in [0.25, 0.3) is 28.0 Å². The van der Waals surface area contributed by atoms with E-state index >= 15 is 0 Å². The molecule has 0 atom stereocenters. The highest BCUT2D eigenvalue weighted by molar-refractivity contribution is 7.90. The molecular formula is C19H17F3N8O2S. The summed E-state index contributed by atoms with van der Waals surface area (Å²) in [6.07, 6.45) is 11.4. The quantitative estimate of drug-likeness (QED) is 0.407. The third-order valence-electron chi connectivity index (χ3n) is 5.62. The molecule has 0 radical (unpaired) electrons. The maximum absolute atomic E-state index is 12.9. The van der Waals surface area contributed by atoms with Gasteiger partial charge in [0.25, 0.3) is 0 Å². The second kappa shape index (κ2) is 6.99. The van der Waals surface area contributed by atoms with Crippen molar-refractivity contribution in [3.8, 4) is 22.5 Å². The van der Waals surface area contributed by atoms with Gasteiger partial charge in [0.15, 0.2) is 0 Å². The van der Waals surface area contributed by atoms with E-state index in [1.54, 1.807) is 47.1 Å². The lowest BCUT2D eigenvalue weighted by Crippen LogP contribution is -2.65. The lowest BCUT2D eigenvalue weighted by molar-refractivity contribution is -0.0544. The van der Waals surface area contributed by atoms with Gasteiger partial charge in [0.05, 0.1) is 41.7 Å². The van der Waals surface area contributed by atoms with Gasteiger partial charge in [0, 0.05) is 43.7 Å². The Kier molecular flexibility index (Phi) is 4.52. The summed E-state index contributed by atoms with van der Waals surface area (Å²) in [6, 6.07) is 1.77. The number of rotatable bonds is 5. The summed E-state index contributed by atoms with van der Waals surface area (Å²) in [5.74, 6) is 0. The third-order valence-corrected chi connectivity index (χ3v) is 7.14. The van der Waals surface area contributed by atoms with Crippen molar-refractivity contribution >= 4 is 15.5 Å². The minimum Gasteiger partial charge on any atom is -0.275 e. The Bertz CT molecular complexity index is 1480. The van der Waals surface area contributed by atoms with Crippen LogP contribution in [0.15, 0.2) is 55.9 Å². The number of aryl methyl sites for hydroxylation is 1. The molecule has 1 aliphatic rings. The van der Waals surface area contributed by atoms with Crippen LogP contribution in [0.2, 0.25) is 0 Å². The molecule has 1 aliphatic heterocycles. The summed E-state index contributed by atoms with van der Waals surface area (Å²) < 4.78 is 67.1. The fourth-order valence-electron chi connectivity index (χ4n) is 3.77. The molecule has 14 heteroatoms. The highest BCUT2D eigenvalue weighted by atomic mass is 32.2. The van der Waals surface area contributed by atoms with Crippen molar-refractivity contribution in [3.05, 3.63) is 55.9 Å². The molecule has 0 aromatic carbocycles. The number of hydrogen-bond acceptors (Lipinski definition) is 6. The van der Waals surface area contributed by atoms with Gasteiger partial charge in [-0.05, 0) is 6.07 Å². The monoisotopic (exact) mass is 478 g/mol. The van der Waals surface area contributed by atoms with Gasteiger partial charge in [-0.15, -0.1) is 6.58 Å². The summed E-state index contributed by atoms with van der Waals surface area (Å²) in [5, 5.41) is 12.7. The second-order valence-electron chi connectivity index (χ2n) is 7.74. The first kappa shape index (κ1) is 21.3. The first-order valence-corrected chi connectivity index (χ1v) is 11.1. The van der Waals surface area contributed by atoms with Crippen molar-refractivity contribution in [1.29, 1.82) is 0 Å². The van der Waals surface area contributed by atoms with E-state index in [1.807, 2.05) is 6.20 Å². The van der Waals surface area contributed by atoms with Gasteiger partial charge in [-0.25, -0.2) is 17.9 Å². The average molecular weight is 478 g/mol. The third kappa shape index (κ3) is 3.24. The largest absolute Gasteiger partial charge is 0.511 e. The molecule has 4 aromatic heterocycles. The summed E-state index contributed by atoms with van der Waals surface area (Å²) in [6.45, 7) is 2.84. The van der Waals surface area contributed by atoms with Crippen LogP contribution in [0, 0.1) is 0 Å². The predicted molar refractivity (Wildman–Crippen MR) is 111 cm³/mol. The van der Waals surface area contributed by atoms with Gasteiger partial charge >= 0.3 is 15.5 Å². The van der Waals surface area contributed by atoms with Crippen LogP contribution >= 0.6 is 0 Å². The molecule has 0 spiro atoms. The van der Waals surface area contributed by atoms with Crippen molar-refractivity contribution in [2.24, 2.45) is 7.05 Å². The van der Waals surface area contributed by atoms with Crippen LogP contribution in [0.5, 0.6) is 0 Å². The first-order valence-electron chi connectivity index (χ1n) is 9.63. The van der Waals surface area contributed by atoms with E-state index in [0.717, 1.165) is 5.56 Å². The van der Waals surface area contributed by atoms with E-state index < -0.39 is 34.2 Å². The Hall–Kier alpha value is -3.52. The van der Waals surface area contributed by atoms with Crippen LogP contribution < -0.4 is 0 Å². The van der Waals surface area contributed by atoms with E-state index in [0.29, 0.717) is 26.8 Å². The summed E-state index contributed by atoms with van der Waals surface area (Å²) in [4.78, 5) is 4.73. The minimum atomic E-state index is -5.42. The van der Waals surface area contributed by atoms with Gasteiger partial charge in [0.2, 0.25) is 0 Å². The molecule has 172 valence electrons. The lowest BCUT2D eigenvalue weighted by Gasteiger charge is -2.47. The number of halogens is 3. The Morgan fingerprint density at radius 1 is 1.09 bits per heavy atom. The van der Waals surface area contributed by atoms with Crippen molar-refractivity contribution in [1.82, 2.24) is 38.5 Å². The van der Waals surface area contributed by atoms with E-state index in [2.05, 4.69) is 21.9 Å². The molecule has 5 rings (SSSR count). The lowest BCUT2D eigenvalue weighted by atomic mass is 9.93. The zero-order chi connectivity index (χ0) is 23.6. The molecule has 33 heavy (non-hydrogen) atoms. The van der Waals surface area contributed by atoms with E-state index in [9.17, 15) is 21.6 Å². The average Bonchev–Trinajstić information content (AvgIpc) is 3.46. The number of alkyl halides is 3. The maximum atomic E-state index is 12.9. The van der Waals surface area contributed by atoms with Crippen LogP contribution in [-0.2, 0) is 22.6 Å². The Labute approximate surface area is 185 Å². The molecule has 4 aromatic rings. The first-order chi connectivity index (χ1) is 15.5. The Morgan fingerprint density at radius 3 is 2.45 bits per heavy atom. The van der Waals surface area contributed by atoms with Gasteiger partial charge in [0.1, 0.15) is 5.54 Å². The van der Waals surface area contributed by atoms with Crippen molar-refractivity contribution in [3.63, 3.8) is 0 Å². The smallest absolute Gasteiger partial charge is 0.275 e. The van der Waals surface area contributed by atoms with Crippen LogP contribution in [-0.4, -0.2) is 65.5 Å². The SMILES string of the molecule is C=CC1(n2cc(-c3nc(-c4cnn(C)c4)cn4nccc34)cn2)CN(S(=O)(=O)C(F)(F)F)C1. The van der Waals surface area contributed by atoms with E-state index in [-0.39, 0.29) is 0 Å². The van der Waals surface area contributed by atoms with E-state index in [1.165, 1.54) is 17.0 Å². The van der Waals surface area contributed by atoms with Gasteiger partial charge in [-0.3, -0.25) is 9.36 Å². The van der Waals surface area contributed by atoms with Crippen LogP contribution in [0.4, 0.5) is 13.2 Å². The fraction of sp³-hybridized carbons (Fsp3) is 0.263. The molecule has 0 bridgehead atoms. The molecule has 1 saturated heterocycles. The zero-order valence-corrected chi connectivity index (χ0v) is 18.0. The zero-order valence-electron chi connectivity index (χ0n) is 17.2. The summed E-state index contributed by atoms with van der Waals surface area (Å²) >= 11 is 0. The van der Waals surface area contributed by atoms with Crippen molar-refractivity contribution < 1.29 is 21.6 Å². The molecule has 1 fully saturated rings. The highest BCUT2D eigenvalue weighted by Gasteiger charge is 2.58. The predicted octanol–water partition coefficient (Wildman–Crippen LogP) is 2.04. The van der Waals surface area contributed by atoms with Gasteiger partial charge in [-0.2, -0.15) is 32.8 Å². The molecular weight excluding hydrogens is 461 g/mol. The van der Waals surface area contributed by atoms with Crippen LogP contribution in [0.3, 0.4) is 0 Å². The molecule has 10 nitrogen and oxygen atoms in total. The van der Waals surface area contributed by atoms with Crippen molar-refractivity contribution in [2.75, 3.05) is 13.1 Å². The Balaban J connectivity index is 1.52. The minimum absolute atomic E-state index is 0.368. The maximum Gasteiger partial charge on any atom is 0.511 e. The van der Waals surface area contributed by atoms with Crippen LogP contribution in [0.1, 0.15) is 0 Å². The standard InChI is InChI=1S/C19H17F3N8O2S/c1-3-18(11-28(12-18)33(31,32)19(20,21)22)30-9-14(7-25-30)17-16-4-5-23-29(16)10-15(26-17)13-6-24-27(2)8-13/h3-10H,1,11-12H2,2H3. The second-order valence-corrected chi connectivity index (χ2v) is 9.67. The van der Waals surface area contributed by atoms with E-state index in [4.69, 9.17) is 4.98 Å². The van der Waals surface area contributed by atoms with Crippen molar-refractivity contribution in [2.45, 2.75) is 11.0 Å². The van der Waals surface area contributed by atoms with Gasteiger partial charge in [-0.1, -0.05) is 6.08 Å². The molecule has 5 heterocycles. The van der Waals surface area contributed by atoms with Gasteiger partial charge < -0.3 is 0 Å². The number of aromatic nitrogens is 7. The number of sulfonamides is 1. The number of nitrogens with zero attached hydrogens (tertiary/aromatic N) is 8. The normalized spacial score (nSPS) is 16.7. The molecule has 0 aliphatic carbocycles. The highest BCUT2D eigenvalue weighted by Crippen LogP contribution is 2.38. The fourth-order valence-corrected chi connectivity index (χ4v) is 4.85. The number of fused-ring (bicyclic) bond motifs is 1. The molecule has 0 N–H and O–H groups in total. The summed E-state index contributed by atoms with van der Waals surface area (Å²) in [7, 11) is -3.63. The summed E-state index contributed by atoms with van der Waals surface area (Å²) in [5.41, 5.74) is -3.23.